The van der Waals surface area contributed by atoms with Crippen LogP contribution in [0.2, 0.25) is 0 Å². The van der Waals surface area contributed by atoms with E-state index >= 15 is 0 Å². The molecule has 0 spiro atoms. The molecular formula is C18H14N6O2. The van der Waals surface area contributed by atoms with Gasteiger partial charge in [0.2, 0.25) is 5.91 Å². The first kappa shape index (κ1) is 15.8. The molecule has 2 amide bonds. The minimum Gasteiger partial charge on any atom is -0.324 e. The van der Waals surface area contributed by atoms with Crippen molar-refractivity contribution in [2.45, 2.75) is 12.6 Å². The summed E-state index contributed by atoms with van der Waals surface area (Å²) in [5, 5.41) is 18.5. The fourth-order valence-electron chi connectivity index (χ4n) is 2.76. The van der Waals surface area contributed by atoms with Crippen molar-refractivity contribution in [1.82, 2.24) is 15.0 Å². The van der Waals surface area contributed by atoms with E-state index in [-0.39, 0.29) is 18.4 Å². The molecule has 0 saturated carbocycles. The van der Waals surface area contributed by atoms with Gasteiger partial charge in [0.25, 0.3) is 5.91 Å². The van der Waals surface area contributed by atoms with Gasteiger partial charge in [-0.3, -0.25) is 9.59 Å². The number of hydrogen-bond acceptors (Lipinski definition) is 5. The lowest BCUT2D eigenvalue weighted by atomic mass is 10.0. The van der Waals surface area contributed by atoms with Crippen LogP contribution in [0.1, 0.15) is 11.6 Å². The normalized spacial score (nSPS) is 16.2. The van der Waals surface area contributed by atoms with Crippen LogP contribution in [-0.4, -0.2) is 26.8 Å². The van der Waals surface area contributed by atoms with Crippen LogP contribution in [0.3, 0.4) is 0 Å². The second-order valence-electron chi connectivity index (χ2n) is 5.73. The predicted molar refractivity (Wildman–Crippen MR) is 94.3 cm³/mol. The van der Waals surface area contributed by atoms with Crippen LogP contribution < -0.4 is 5.32 Å². The maximum Gasteiger partial charge on any atom is 0.287 e. The first-order chi connectivity index (χ1) is 12.7. The van der Waals surface area contributed by atoms with Gasteiger partial charge in [-0.15, -0.1) is 10.2 Å². The summed E-state index contributed by atoms with van der Waals surface area (Å²) in [5.41, 5.74) is 2.90. The summed E-state index contributed by atoms with van der Waals surface area (Å²) in [6.45, 7) is 0.0371. The number of azo groups is 1. The standard InChI is InChI=1S/C18H14N6O2/c25-17-10-9-14(20-22-17)12-5-1-2-6-13(12)19-18(26)11-24-16-8-4-3-7-15(16)21-23-24/h1-10,14H,11H2,(H,19,26). The molecule has 0 radical (unpaired) electrons. The number of amides is 2. The molecule has 8 heteroatoms. The molecular weight excluding hydrogens is 332 g/mol. The predicted octanol–water partition coefficient (Wildman–Crippen LogP) is 2.66. The highest BCUT2D eigenvalue weighted by Crippen LogP contribution is 2.28. The summed E-state index contributed by atoms with van der Waals surface area (Å²) in [6.07, 6.45) is 3.03. The highest BCUT2D eigenvalue weighted by molar-refractivity contribution is 5.92. The van der Waals surface area contributed by atoms with Crippen molar-refractivity contribution in [2.24, 2.45) is 10.2 Å². The molecule has 0 fully saturated rings. The number of nitrogens with one attached hydrogen (secondary N) is 1. The van der Waals surface area contributed by atoms with Crippen molar-refractivity contribution in [3.8, 4) is 0 Å². The monoisotopic (exact) mass is 346 g/mol. The van der Waals surface area contributed by atoms with Crippen LogP contribution in [0.5, 0.6) is 0 Å². The van der Waals surface area contributed by atoms with E-state index in [1.54, 1.807) is 16.8 Å². The Labute approximate surface area is 148 Å². The van der Waals surface area contributed by atoms with Gasteiger partial charge in [0, 0.05) is 17.3 Å². The molecule has 3 aromatic rings. The van der Waals surface area contributed by atoms with Crippen LogP contribution in [-0.2, 0) is 16.1 Å². The van der Waals surface area contributed by atoms with Gasteiger partial charge in [0.05, 0.1) is 5.52 Å². The Balaban J connectivity index is 1.54. The Morgan fingerprint density at radius 1 is 1.12 bits per heavy atom. The van der Waals surface area contributed by atoms with Crippen LogP contribution in [0.15, 0.2) is 70.9 Å². The number of carbonyl (C=O) groups is 2. The van der Waals surface area contributed by atoms with Gasteiger partial charge in [0.15, 0.2) is 0 Å². The van der Waals surface area contributed by atoms with Crippen LogP contribution >= 0.6 is 0 Å². The molecule has 0 bridgehead atoms. The molecule has 1 aliphatic rings. The van der Waals surface area contributed by atoms with Crippen molar-refractivity contribution in [3.05, 3.63) is 66.2 Å². The molecule has 2 heterocycles. The van der Waals surface area contributed by atoms with Gasteiger partial charge < -0.3 is 5.32 Å². The summed E-state index contributed by atoms with van der Waals surface area (Å²) >= 11 is 0. The summed E-state index contributed by atoms with van der Waals surface area (Å²) < 4.78 is 1.55. The highest BCUT2D eigenvalue weighted by Gasteiger charge is 2.17. The Morgan fingerprint density at radius 2 is 1.92 bits per heavy atom. The van der Waals surface area contributed by atoms with Crippen LogP contribution in [0.25, 0.3) is 11.0 Å². The van der Waals surface area contributed by atoms with E-state index in [4.69, 9.17) is 0 Å². The Morgan fingerprint density at radius 3 is 2.77 bits per heavy atom. The summed E-state index contributed by atoms with van der Waals surface area (Å²) in [6, 6.07) is 14.3. The van der Waals surface area contributed by atoms with Gasteiger partial charge in [0.1, 0.15) is 18.1 Å². The molecule has 26 heavy (non-hydrogen) atoms. The molecule has 1 unspecified atom stereocenters. The number of anilines is 1. The maximum absolute atomic E-state index is 12.5. The van der Waals surface area contributed by atoms with E-state index in [9.17, 15) is 9.59 Å². The third-order valence-electron chi connectivity index (χ3n) is 3.97. The zero-order valence-corrected chi connectivity index (χ0v) is 13.6. The molecule has 2 aromatic carbocycles. The largest absolute Gasteiger partial charge is 0.324 e. The van der Waals surface area contributed by atoms with E-state index in [0.29, 0.717) is 5.69 Å². The smallest absolute Gasteiger partial charge is 0.287 e. The second-order valence-corrected chi connectivity index (χ2v) is 5.73. The van der Waals surface area contributed by atoms with E-state index in [0.717, 1.165) is 16.6 Å². The number of fused-ring (bicyclic) bond motifs is 1. The number of carbonyl (C=O) groups excluding carboxylic acids is 2. The number of benzene rings is 2. The number of rotatable bonds is 4. The fourth-order valence-corrected chi connectivity index (χ4v) is 2.76. The highest BCUT2D eigenvalue weighted by atomic mass is 16.2. The van der Waals surface area contributed by atoms with Gasteiger partial charge in [-0.25, -0.2) is 4.68 Å². The molecule has 4 rings (SSSR count). The second kappa shape index (κ2) is 6.67. The number of aromatic nitrogens is 3. The van der Waals surface area contributed by atoms with Gasteiger partial charge >= 0.3 is 0 Å². The molecule has 0 saturated heterocycles. The van der Waals surface area contributed by atoms with Crippen molar-refractivity contribution >= 4 is 28.5 Å². The zero-order valence-electron chi connectivity index (χ0n) is 13.6. The van der Waals surface area contributed by atoms with Crippen molar-refractivity contribution in [3.63, 3.8) is 0 Å². The molecule has 1 atom stereocenters. The van der Waals surface area contributed by atoms with Gasteiger partial charge in [-0.2, -0.15) is 5.11 Å². The lowest BCUT2D eigenvalue weighted by Gasteiger charge is -2.15. The number of nitrogens with zero attached hydrogens (tertiary/aromatic N) is 5. The lowest BCUT2D eigenvalue weighted by Crippen LogP contribution is -2.20. The molecule has 128 valence electrons. The number of hydrogen-bond donors (Lipinski definition) is 1. The molecule has 1 aromatic heterocycles. The minimum absolute atomic E-state index is 0.0371. The molecule has 1 N–H and O–H groups in total. The Kier molecular flexibility index (Phi) is 4.06. The first-order valence-electron chi connectivity index (χ1n) is 8.01. The lowest BCUT2D eigenvalue weighted by molar-refractivity contribution is -0.117. The van der Waals surface area contributed by atoms with Gasteiger partial charge in [-0.1, -0.05) is 35.5 Å². The molecule has 0 aliphatic carbocycles. The van der Waals surface area contributed by atoms with E-state index in [2.05, 4.69) is 25.9 Å². The number of para-hydroxylation sites is 2. The average Bonchev–Trinajstić information content (AvgIpc) is 3.06. The van der Waals surface area contributed by atoms with Crippen molar-refractivity contribution in [1.29, 1.82) is 0 Å². The van der Waals surface area contributed by atoms with Crippen LogP contribution in [0.4, 0.5) is 5.69 Å². The minimum atomic E-state index is -0.406. The average molecular weight is 346 g/mol. The maximum atomic E-state index is 12.5. The van der Waals surface area contributed by atoms with Crippen molar-refractivity contribution in [2.75, 3.05) is 5.32 Å². The third kappa shape index (κ3) is 3.12. The SMILES string of the molecule is O=C1C=CC(c2ccccc2NC(=O)Cn2nnc3ccccc32)N=N1. The fraction of sp³-hybridized carbons (Fsp3) is 0.111. The third-order valence-corrected chi connectivity index (χ3v) is 3.97. The Hall–Kier alpha value is -3.68. The van der Waals surface area contributed by atoms with E-state index in [1.807, 2.05) is 42.5 Å². The first-order valence-corrected chi connectivity index (χ1v) is 8.01. The zero-order chi connectivity index (χ0) is 17.9. The topological polar surface area (TPSA) is 102 Å². The van der Waals surface area contributed by atoms with Crippen LogP contribution in [0, 0.1) is 0 Å². The summed E-state index contributed by atoms with van der Waals surface area (Å²) in [4.78, 5) is 23.6. The summed E-state index contributed by atoms with van der Waals surface area (Å²) in [7, 11) is 0. The van der Waals surface area contributed by atoms with Gasteiger partial charge in [-0.05, 0) is 24.3 Å². The summed E-state index contributed by atoms with van der Waals surface area (Å²) in [5.74, 6) is -0.623. The Bertz CT molecular complexity index is 1040. The van der Waals surface area contributed by atoms with E-state index in [1.165, 1.54) is 6.08 Å². The molecule has 1 aliphatic heterocycles. The quantitative estimate of drug-likeness (QED) is 0.784. The van der Waals surface area contributed by atoms with E-state index < -0.39 is 6.04 Å². The van der Waals surface area contributed by atoms with Crippen molar-refractivity contribution < 1.29 is 9.59 Å². The molecule has 8 nitrogen and oxygen atoms in total.